The van der Waals surface area contributed by atoms with Crippen molar-refractivity contribution in [3.63, 3.8) is 0 Å². The molecular weight excluding hydrogens is 259 g/mol. The highest BCUT2D eigenvalue weighted by molar-refractivity contribution is 7.80. The summed E-state index contributed by atoms with van der Waals surface area (Å²) in [7, 11) is -3.24. The predicted molar refractivity (Wildman–Crippen MR) is 74.3 cm³/mol. The van der Waals surface area contributed by atoms with Crippen molar-refractivity contribution in [2.45, 2.75) is 39.9 Å². The zero-order valence-electron chi connectivity index (χ0n) is 11.2. The van der Waals surface area contributed by atoms with E-state index in [1.165, 1.54) is 0 Å². The van der Waals surface area contributed by atoms with Crippen molar-refractivity contribution in [3.05, 3.63) is 0 Å². The fraction of sp³-hybridized carbons (Fsp3) is 0.900. The Labute approximate surface area is 109 Å². The Kier molecular flexibility index (Phi) is 7.24. The second kappa shape index (κ2) is 7.31. The summed E-state index contributed by atoms with van der Waals surface area (Å²) in [6.45, 7) is 10.4. The summed E-state index contributed by atoms with van der Waals surface area (Å²) in [6.07, 6.45) is 0. The van der Waals surface area contributed by atoms with Gasteiger partial charge in [-0.25, -0.2) is 0 Å². The lowest BCUT2D eigenvalue weighted by atomic mass is 10.4. The Morgan fingerprint density at radius 3 is 2.06 bits per heavy atom. The van der Waals surface area contributed by atoms with E-state index >= 15 is 0 Å². The van der Waals surface area contributed by atoms with E-state index in [1.54, 1.807) is 27.7 Å². The van der Waals surface area contributed by atoms with E-state index in [-0.39, 0.29) is 0 Å². The van der Waals surface area contributed by atoms with E-state index in [2.05, 4.69) is 10.6 Å². The van der Waals surface area contributed by atoms with Gasteiger partial charge in [0.25, 0.3) is 0 Å². The fourth-order valence-electron chi connectivity index (χ4n) is 1.25. The van der Waals surface area contributed by atoms with E-state index in [1.807, 2.05) is 6.92 Å². The monoisotopic (exact) mass is 282 g/mol. The quantitative estimate of drug-likeness (QED) is 0.552. The SMILES string of the molecule is CCNC(=S)NC(C)(C)P(=O)(OCC)OCC. The third-order valence-electron chi connectivity index (χ3n) is 2.04. The summed E-state index contributed by atoms with van der Waals surface area (Å²) in [5.41, 5.74) is 0. The minimum atomic E-state index is -3.24. The van der Waals surface area contributed by atoms with E-state index in [4.69, 9.17) is 21.3 Å². The average molecular weight is 282 g/mol. The first-order valence-electron chi connectivity index (χ1n) is 5.78. The molecule has 0 aromatic carbocycles. The molecule has 7 heteroatoms. The molecule has 0 spiro atoms. The van der Waals surface area contributed by atoms with E-state index in [0.29, 0.717) is 24.9 Å². The highest BCUT2D eigenvalue weighted by Crippen LogP contribution is 2.58. The number of nitrogens with one attached hydrogen (secondary N) is 2. The van der Waals surface area contributed by atoms with Crippen LogP contribution in [0.2, 0.25) is 0 Å². The lowest BCUT2D eigenvalue weighted by molar-refractivity contribution is 0.197. The highest BCUT2D eigenvalue weighted by atomic mass is 32.1. The topological polar surface area (TPSA) is 59.6 Å². The van der Waals surface area contributed by atoms with Gasteiger partial charge in [-0.3, -0.25) is 4.57 Å². The van der Waals surface area contributed by atoms with Gasteiger partial charge in [0.2, 0.25) is 0 Å². The standard InChI is InChI=1S/C10H23N2O3PS/c1-6-11-9(17)12-10(4,5)16(13,14-7-2)15-8-3/h6-8H2,1-5H3,(H2,11,12,17). The molecule has 0 aromatic heterocycles. The molecule has 0 fully saturated rings. The number of thiocarbonyl (C=S) groups is 1. The van der Waals surface area contributed by atoms with Crippen molar-refractivity contribution < 1.29 is 13.6 Å². The molecule has 2 N–H and O–H groups in total. The van der Waals surface area contributed by atoms with Crippen molar-refractivity contribution in [1.82, 2.24) is 10.6 Å². The fourth-order valence-corrected chi connectivity index (χ4v) is 3.37. The van der Waals surface area contributed by atoms with Crippen LogP contribution >= 0.6 is 19.8 Å². The van der Waals surface area contributed by atoms with Gasteiger partial charge in [0, 0.05) is 6.54 Å². The van der Waals surface area contributed by atoms with Gasteiger partial charge < -0.3 is 19.7 Å². The molecule has 0 saturated heterocycles. The third-order valence-corrected chi connectivity index (χ3v) is 4.96. The zero-order valence-corrected chi connectivity index (χ0v) is 12.9. The molecule has 17 heavy (non-hydrogen) atoms. The van der Waals surface area contributed by atoms with Gasteiger partial charge in [-0.1, -0.05) is 0 Å². The largest absolute Gasteiger partial charge is 0.363 e. The lowest BCUT2D eigenvalue weighted by Crippen LogP contribution is -2.48. The van der Waals surface area contributed by atoms with Crippen LogP contribution < -0.4 is 10.6 Å². The second-order valence-electron chi connectivity index (χ2n) is 3.88. The molecule has 0 radical (unpaired) electrons. The van der Waals surface area contributed by atoms with Crippen molar-refractivity contribution >= 4 is 24.9 Å². The van der Waals surface area contributed by atoms with Crippen LogP contribution in [0.15, 0.2) is 0 Å². The maximum Gasteiger partial charge on any atom is 0.355 e. The molecule has 0 bridgehead atoms. The first-order valence-corrected chi connectivity index (χ1v) is 7.73. The molecule has 0 aliphatic carbocycles. The Hall–Kier alpha value is -0.160. The molecule has 0 aliphatic heterocycles. The van der Waals surface area contributed by atoms with Crippen LogP contribution in [0.25, 0.3) is 0 Å². The highest BCUT2D eigenvalue weighted by Gasteiger charge is 2.43. The van der Waals surface area contributed by atoms with Crippen molar-refractivity contribution in [2.24, 2.45) is 0 Å². The van der Waals surface area contributed by atoms with Gasteiger partial charge in [-0.15, -0.1) is 0 Å². The van der Waals surface area contributed by atoms with Crippen molar-refractivity contribution in [1.29, 1.82) is 0 Å². The maximum absolute atomic E-state index is 12.6. The summed E-state index contributed by atoms with van der Waals surface area (Å²) in [5, 5.41) is 5.50. The van der Waals surface area contributed by atoms with Crippen LogP contribution in [-0.2, 0) is 13.6 Å². The molecular formula is C10H23N2O3PS. The minimum Gasteiger partial charge on any atom is -0.363 e. The molecule has 0 atom stereocenters. The van der Waals surface area contributed by atoms with Crippen molar-refractivity contribution in [3.8, 4) is 0 Å². The Morgan fingerprint density at radius 2 is 1.71 bits per heavy atom. The van der Waals surface area contributed by atoms with Gasteiger partial charge >= 0.3 is 7.60 Å². The van der Waals surface area contributed by atoms with Gasteiger partial charge in [-0.05, 0) is 46.8 Å². The Morgan fingerprint density at radius 1 is 1.24 bits per heavy atom. The summed E-state index contributed by atoms with van der Waals surface area (Å²) < 4.78 is 23.2. The molecule has 0 aliphatic rings. The molecule has 0 aromatic rings. The van der Waals surface area contributed by atoms with E-state index < -0.39 is 12.9 Å². The summed E-state index contributed by atoms with van der Waals surface area (Å²) in [4.78, 5) is 0. The predicted octanol–water partition coefficient (Wildman–Crippen LogP) is 2.47. The number of hydrogen-bond acceptors (Lipinski definition) is 4. The van der Waals surface area contributed by atoms with Crippen molar-refractivity contribution in [2.75, 3.05) is 19.8 Å². The summed E-state index contributed by atoms with van der Waals surface area (Å²) in [6, 6.07) is 0. The lowest BCUT2D eigenvalue weighted by Gasteiger charge is -2.34. The first kappa shape index (κ1) is 16.8. The molecule has 0 heterocycles. The van der Waals surface area contributed by atoms with Crippen LogP contribution in [0, 0.1) is 0 Å². The molecule has 102 valence electrons. The number of hydrogen-bond donors (Lipinski definition) is 2. The van der Waals surface area contributed by atoms with Crippen LogP contribution in [0.3, 0.4) is 0 Å². The molecule has 0 rings (SSSR count). The van der Waals surface area contributed by atoms with E-state index in [0.717, 1.165) is 0 Å². The summed E-state index contributed by atoms with van der Waals surface area (Å²) in [5.74, 6) is 0. The minimum absolute atomic E-state index is 0.330. The molecule has 0 unspecified atom stereocenters. The normalized spacial score (nSPS) is 12.3. The first-order chi connectivity index (χ1) is 7.83. The third kappa shape index (κ3) is 4.92. The Balaban J connectivity index is 4.82. The zero-order chi connectivity index (χ0) is 13.5. The Bertz CT molecular complexity index is 287. The van der Waals surface area contributed by atoms with Gasteiger partial charge in [-0.2, -0.15) is 0 Å². The van der Waals surface area contributed by atoms with Crippen LogP contribution in [0.4, 0.5) is 0 Å². The van der Waals surface area contributed by atoms with Gasteiger partial charge in [0.05, 0.1) is 13.2 Å². The van der Waals surface area contributed by atoms with Crippen LogP contribution in [0.1, 0.15) is 34.6 Å². The molecule has 0 saturated carbocycles. The second-order valence-corrected chi connectivity index (χ2v) is 6.91. The van der Waals surface area contributed by atoms with Crippen LogP contribution in [0.5, 0.6) is 0 Å². The smallest absolute Gasteiger partial charge is 0.355 e. The van der Waals surface area contributed by atoms with Gasteiger partial charge in [0.1, 0.15) is 5.28 Å². The molecule has 0 amide bonds. The summed E-state index contributed by atoms with van der Waals surface area (Å²) >= 11 is 5.08. The maximum atomic E-state index is 12.6. The van der Waals surface area contributed by atoms with Gasteiger partial charge in [0.15, 0.2) is 5.11 Å². The van der Waals surface area contributed by atoms with Crippen LogP contribution in [-0.4, -0.2) is 30.2 Å². The van der Waals surface area contributed by atoms with E-state index in [9.17, 15) is 4.57 Å². The number of rotatable bonds is 7. The molecule has 5 nitrogen and oxygen atoms in total. The average Bonchev–Trinajstić information content (AvgIpc) is 2.17.